The lowest BCUT2D eigenvalue weighted by Gasteiger charge is -2.18. The summed E-state index contributed by atoms with van der Waals surface area (Å²) in [6, 6.07) is 0. The number of carbonyl (C=O) groups excluding carboxylic acids is 1. The van der Waals surface area contributed by atoms with Gasteiger partial charge < -0.3 is 13.3 Å². The SMILES string of the molecule is CCCCCc1c(I)c(O)c(O)c(C(=O)OI)c1CCCCC. The van der Waals surface area contributed by atoms with Gasteiger partial charge in [0.05, 0.1) is 3.57 Å². The molecule has 0 aliphatic heterocycles. The maximum absolute atomic E-state index is 12.1. The summed E-state index contributed by atoms with van der Waals surface area (Å²) in [6.07, 6.45) is 7.79. The largest absolute Gasteiger partial charge is 0.504 e. The van der Waals surface area contributed by atoms with Crippen LogP contribution >= 0.6 is 45.6 Å². The Kier molecular flexibility index (Phi) is 9.57. The lowest BCUT2D eigenvalue weighted by atomic mass is 9.91. The fourth-order valence-corrected chi connectivity index (χ4v) is 3.76. The third-order valence-corrected chi connectivity index (χ3v) is 5.50. The van der Waals surface area contributed by atoms with Crippen molar-refractivity contribution in [2.45, 2.75) is 65.2 Å². The molecule has 6 heteroatoms. The molecule has 1 aromatic carbocycles. The zero-order valence-corrected chi connectivity index (χ0v) is 17.9. The van der Waals surface area contributed by atoms with Crippen molar-refractivity contribution in [3.8, 4) is 11.5 Å². The highest BCUT2D eigenvalue weighted by molar-refractivity contribution is 14.1. The molecule has 0 saturated heterocycles. The molecule has 130 valence electrons. The first-order valence-electron chi connectivity index (χ1n) is 8.07. The smallest absolute Gasteiger partial charge is 0.351 e. The molecule has 0 radical (unpaired) electrons. The third kappa shape index (κ3) is 5.37. The topological polar surface area (TPSA) is 66.8 Å². The van der Waals surface area contributed by atoms with Gasteiger partial charge >= 0.3 is 5.97 Å². The lowest BCUT2D eigenvalue weighted by Crippen LogP contribution is -2.10. The molecule has 0 saturated carbocycles. The minimum absolute atomic E-state index is 0.125. The van der Waals surface area contributed by atoms with Crippen LogP contribution in [0.2, 0.25) is 0 Å². The molecule has 4 nitrogen and oxygen atoms in total. The Labute approximate surface area is 165 Å². The van der Waals surface area contributed by atoms with Gasteiger partial charge in [-0.15, -0.1) is 0 Å². The number of unbranched alkanes of at least 4 members (excludes halogenated alkanes) is 4. The Hall–Kier alpha value is -0.250. The van der Waals surface area contributed by atoms with Crippen LogP contribution in [0.25, 0.3) is 0 Å². The quantitative estimate of drug-likeness (QED) is 0.238. The summed E-state index contributed by atoms with van der Waals surface area (Å²) < 4.78 is 5.44. The number of carbonyl (C=O) groups is 1. The highest BCUT2D eigenvalue weighted by Crippen LogP contribution is 2.41. The number of rotatable bonds is 9. The highest BCUT2D eigenvalue weighted by atomic mass is 127. The summed E-state index contributed by atoms with van der Waals surface area (Å²) >= 11 is 3.58. The molecule has 0 aliphatic carbocycles. The number of phenolic OH excluding ortho intramolecular Hbond substituents is 2. The first kappa shape index (κ1) is 20.8. The molecule has 0 atom stereocenters. The van der Waals surface area contributed by atoms with Gasteiger partial charge in [0.25, 0.3) is 0 Å². The van der Waals surface area contributed by atoms with E-state index in [0.29, 0.717) is 9.99 Å². The van der Waals surface area contributed by atoms with E-state index in [0.717, 1.165) is 56.1 Å². The first-order valence-corrected chi connectivity index (χ1v) is 10.0. The van der Waals surface area contributed by atoms with E-state index < -0.39 is 5.97 Å². The molecule has 1 aromatic rings. The minimum Gasteiger partial charge on any atom is -0.504 e. The number of halogens is 2. The Morgan fingerprint density at radius 2 is 1.48 bits per heavy atom. The Balaban J connectivity index is 3.37. The Morgan fingerprint density at radius 1 is 0.957 bits per heavy atom. The Morgan fingerprint density at radius 3 is 1.96 bits per heavy atom. The molecule has 0 bridgehead atoms. The second-order valence-corrected chi connectivity index (χ2v) is 7.14. The van der Waals surface area contributed by atoms with Gasteiger partial charge in [0, 0.05) is 0 Å². The van der Waals surface area contributed by atoms with Crippen molar-refractivity contribution in [1.29, 1.82) is 0 Å². The summed E-state index contributed by atoms with van der Waals surface area (Å²) in [5, 5.41) is 20.5. The van der Waals surface area contributed by atoms with Gasteiger partial charge in [-0.2, -0.15) is 0 Å². The normalized spacial score (nSPS) is 10.8. The number of phenols is 2. The van der Waals surface area contributed by atoms with Gasteiger partial charge in [0.1, 0.15) is 5.56 Å². The Bertz CT molecular complexity index is 544. The summed E-state index contributed by atoms with van der Waals surface area (Å²) in [5.74, 6) is -1.17. The number of benzene rings is 1. The monoisotopic (exact) mass is 546 g/mol. The van der Waals surface area contributed by atoms with Crippen LogP contribution in [0.15, 0.2) is 0 Å². The van der Waals surface area contributed by atoms with Crippen LogP contribution in [0, 0.1) is 3.57 Å². The standard InChI is InChI=1S/C17H24I2O4/c1-3-5-7-9-11-12(10-8-6-4-2)14(18)16(21)15(20)13(11)17(22)23-19/h20-21H,3-10H2,1-2H3. The zero-order chi connectivity index (χ0) is 17.4. The molecule has 2 N–H and O–H groups in total. The predicted octanol–water partition coefficient (Wildman–Crippen LogP) is 5.67. The fourth-order valence-electron chi connectivity index (χ4n) is 2.69. The molecular formula is C17H24I2O4. The average Bonchev–Trinajstić information content (AvgIpc) is 2.55. The van der Waals surface area contributed by atoms with Gasteiger partial charge in [0.15, 0.2) is 34.5 Å². The van der Waals surface area contributed by atoms with E-state index in [1.54, 1.807) is 0 Å². The van der Waals surface area contributed by atoms with E-state index in [1.807, 2.05) is 0 Å². The molecule has 0 fully saturated rings. The summed E-state index contributed by atoms with van der Waals surface area (Å²) in [6.45, 7) is 4.26. The van der Waals surface area contributed by atoms with Gasteiger partial charge in [-0.25, -0.2) is 4.79 Å². The van der Waals surface area contributed by atoms with Crippen molar-refractivity contribution in [3.05, 3.63) is 20.3 Å². The van der Waals surface area contributed by atoms with Gasteiger partial charge in [-0.05, 0) is 59.4 Å². The molecule has 0 amide bonds. The van der Waals surface area contributed by atoms with E-state index >= 15 is 0 Å². The van der Waals surface area contributed by atoms with Crippen molar-refractivity contribution < 1.29 is 18.1 Å². The van der Waals surface area contributed by atoms with Crippen LogP contribution in [-0.4, -0.2) is 16.2 Å². The molecule has 0 aliphatic rings. The van der Waals surface area contributed by atoms with Crippen LogP contribution in [0.3, 0.4) is 0 Å². The predicted molar refractivity (Wildman–Crippen MR) is 108 cm³/mol. The van der Waals surface area contributed by atoms with E-state index in [9.17, 15) is 15.0 Å². The molecule has 23 heavy (non-hydrogen) atoms. The molecular weight excluding hydrogens is 522 g/mol. The molecule has 1 rings (SSSR count). The van der Waals surface area contributed by atoms with Gasteiger partial charge in [-0.3, -0.25) is 0 Å². The number of aromatic hydroxyl groups is 2. The average molecular weight is 546 g/mol. The lowest BCUT2D eigenvalue weighted by molar-refractivity contribution is 0.0795. The first-order chi connectivity index (χ1) is 11.0. The molecule has 0 spiro atoms. The second-order valence-electron chi connectivity index (χ2n) is 5.62. The minimum atomic E-state index is -0.599. The molecule has 0 aromatic heterocycles. The van der Waals surface area contributed by atoms with Crippen LogP contribution in [-0.2, 0) is 15.9 Å². The molecule has 0 unspecified atom stereocenters. The van der Waals surface area contributed by atoms with Crippen LogP contribution < -0.4 is 0 Å². The number of hydrogen-bond donors (Lipinski definition) is 2. The number of hydrogen-bond acceptors (Lipinski definition) is 4. The van der Waals surface area contributed by atoms with Crippen LogP contribution in [0.1, 0.15) is 73.9 Å². The van der Waals surface area contributed by atoms with E-state index in [1.165, 1.54) is 23.0 Å². The highest BCUT2D eigenvalue weighted by Gasteiger charge is 2.26. The van der Waals surface area contributed by atoms with Crippen LogP contribution in [0.5, 0.6) is 11.5 Å². The summed E-state index contributed by atoms with van der Waals surface area (Å²) in [4.78, 5) is 12.1. The molecule has 0 heterocycles. The fraction of sp³-hybridized carbons (Fsp3) is 0.588. The maximum Gasteiger partial charge on any atom is 0.351 e. The van der Waals surface area contributed by atoms with Crippen molar-refractivity contribution in [2.24, 2.45) is 0 Å². The second kappa shape index (κ2) is 10.6. The van der Waals surface area contributed by atoms with Crippen molar-refractivity contribution >= 4 is 51.6 Å². The van der Waals surface area contributed by atoms with E-state index in [-0.39, 0.29) is 17.1 Å². The van der Waals surface area contributed by atoms with E-state index in [4.69, 9.17) is 3.07 Å². The maximum atomic E-state index is 12.1. The summed E-state index contributed by atoms with van der Waals surface area (Å²) in [7, 11) is 0. The van der Waals surface area contributed by atoms with Crippen molar-refractivity contribution in [2.75, 3.05) is 0 Å². The van der Waals surface area contributed by atoms with Crippen LogP contribution in [0.4, 0.5) is 0 Å². The summed E-state index contributed by atoms with van der Waals surface area (Å²) in [5.41, 5.74) is 1.93. The van der Waals surface area contributed by atoms with Crippen molar-refractivity contribution in [1.82, 2.24) is 0 Å². The van der Waals surface area contributed by atoms with Crippen molar-refractivity contribution in [3.63, 3.8) is 0 Å². The van der Waals surface area contributed by atoms with Gasteiger partial charge in [0.2, 0.25) is 0 Å². The third-order valence-electron chi connectivity index (χ3n) is 3.93. The van der Waals surface area contributed by atoms with E-state index in [2.05, 4.69) is 36.4 Å². The zero-order valence-electron chi connectivity index (χ0n) is 13.6. The van der Waals surface area contributed by atoms with Gasteiger partial charge in [-0.1, -0.05) is 39.5 Å².